The minimum atomic E-state index is 0.864. The lowest BCUT2D eigenvalue weighted by molar-refractivity contribution is 0.718. The summed E-state index contributed by atoms with van der Waals surface area (Å²) >= 11 is 3.49. The maximum atomic E-state index is 4.59. The highest BCUT2D eigenvalue weighted by Crippen LogP contribution is 2.32. The maximum absolute atomic E-state index is 4.59. The first-order valence-corrected chi connectivity index (χ1v) is 7.07. The largest absolute Gasteiger partial charge is 0.356 e. The van der Waals surface area contributed by atoms with Crippen LogP contribution in [-0.2, 0) is 6.54 Å². The zero-order valence-electron chi connectivity index (χ0n) is 10.5. The van der Waals surface area contributed by atoms with Crippen LogP contribution in [-0.4, -0.2) is 25.1 Å². The van der Waals surface area contributed by atoms with Gasteiger partial charge in [0, 0.05) is 35.9 Å². The van der Waals surface area contributed by atoms with Crippen molar-refractivity contribution in [3.63, 3.8) is 0 Å². The summed E-state index contributed by atoms with van der Waals surface area (Å²) < 4.78 is 1.05. The van der Waals surface area contributed by atoms with Crippen LogP contribution in [0.3, 0.4) is 0 Å². The van der Waals surface area contributed by atoms with Crippen LogP contribution in [0.1, 0.15) is 25.3 Å². The van der Waals surface area contributed by atoms with E-state index >= 15 is 0 Å². The van der Waals surface area contributed by atoms with Gasteiger partial charge in [0.2, 0.25) is 0 Å². The molecule has 0 amide bonds. The molecular formula is C13H20BrN3. The molecule has 1 heterocycles. The number of hydrogen-bond acceptors (Lipinski definition) is 3. The molecule has 1 aromatic heterocycles. The molecule has 0 radical (unpaired) electrons. The molecule has 17 heavy (non-hydrogen) atoms. The number of nitrogens with zero attached hydrogens (tertiary/aromatic N) is 2. The van der Waals surface area contributed by atoms with Crippen LogP contribution in [0.4, 0.5) is 5.82 Å². The molecule has 0 spiro atoms. The van der Waals surface area contributed by atoms with Crippen molar-refractivity contribution < 1.29 is 0 Å². The average Bonchev–Trinajstić information content (AvgIpc) is 3.11. The molecule has 1 aliphatic carbocycles. The minimum absolute atomic E-state index is 0.864. The van der Waals surface area contributed by atoms with E-state index < -0.39 is 0 Å². The molecule has 0 saturated heterocycles. The summed E-state index contributed by atoms with van der Waals surface area (Å²) in [7, 11) is 1.97. The van der Waals surface area contributed by atoms with Crippen molar-refractivity contribution in [2.75, 3.05) is 25.0 Å². The molecule has 0 unspecified atom stereocenters. The molecule has 2 rings (SSSR count). The lowest BCUT2D eigenvalue weighted by Gasteiger charge is -2.24. The standard InChI is InChI=1S/C13H20BrN3/c1-3-17(9-10-4-5-10)13-11(7-15-2)6-12(14)8-16-13/h6,8,10,15H,3-5,7,9H2,1-2H3. The van der Waals surface area contributed by atoms with Crippen molar-refractivity contribution >= 4 is 21.7 Å². The van der Waals surface area contributed by atoms with E-state index in [0.29, 0.717) is 0 Å². The second-order valence-electron chi connectivity index (χ2n) is 4.65. The lowest BCUT2D eigenvalue weighted by Crippen LogP contribution is -2.28. The van der Waals surface area contributed by atoms with Gasteiger partial charge in [-0.2, -0.15) is 0 Å². The van der Waals surface area contributed by atoms with E-state index in [4.69, 9.17) is 0 Å². The van der Waals surface area contributed by atoms with Gasteiger partial charge in [-0.15, -0.1) is 0 Å². The molecule has 0 aliphatic heterocycles. The van der Waals surface area contributed by atoms with Crippen LogP contribution in [0, 0.1) is 5.92 Å². The predicted molar refractivity (Wildman–Crippen MR) is 75.3 cm³/mol. The molecule has 0 aromatic carbocycles. The van der Waals surface area contributed by atoms with Gasteiger partial charge in [-0.25, -0.2) is 4.98 Å². The van der Waals surface area contributed by atoms with Gasteiger partial charge in [0.15, 0.2) is 0 Å². The fraction of sp³-hybridized carbons (Fsp3) is 0.615. The smallest absolute Gasteiger partial charge is 0.133 e. The van der Waals surface area contributed by atoms with E-state index in [1.165, 1.54) is 18.4 Å². The summed E-state index contributed by atoms with van der Waals surface area (Å²) in [5.41, 5.74) is 1.27. The van der Waals surface area contributed by atoms with E-state index in [-0.39, 0.29) is 0 Å². The summed E-state index contributed by atoms with van der Waals surface area (Å²) in [5.74, 6) is 2.03. The Balaban J connectivity index is 2.20. The highest BCUT2D eigenvalue weighted by Gasteiger charge is 2.25. The van der Waals surface area contributed by atoms with Crippen LogP contribution in [0.15, 0.2) is 16.7 Å². The number of anilines is 1. The summed E-state index contributed by atoms with van der Waals surface area (Å²) in [6, 6.07) is 2.16. The van der Waals surface area contributed by atoms with Gasteiger partial charge >= 0.3 is 0 Å². The van der Waals surface area contributed by atoms with E-state index in [0.717, 1.165) is 35.8 Å². The Morgan fingerprint density at radius 3 is 2.88 bits per heavy atom. The number of hydrogen-bond donors (Lipinski definition) is 1. The van der Waals surface area contributed by atoms with Crippen molar-refractivity contribution in [2.24, 2.45) is 5.92 Å². The van der Waals surface area contributed by atoms with E-state index in [2.05, 4.69) is 44.1 Å². The van der Waals surface area contributed by atoms with Crippen LogP contribution in [0.2, 0.25) is 0 Å². The van der Waals surface area contributed by atoms with Crippen molar-refractivity contribution in [3.05, 3.63) is 22.3 Å². The topological polar surface area (TPSA) is 28.2 Å². The Labute approximate surface area is 112 Å². The number of nitrogens with one attached hydrogen (secondary N) is 1. The Hall–Kier alpha value is -0.610. The first kappa shape index (κ1) is 12.8. The Kier molecular flexibility index (Phi) is 4.40. The number of pyridine rings is 1. The molecule has 0 bridgehead atoms. The minimum Gasteiger partial charge on any atom is -0.356 e. The fourth-order valence-corrected chi connectivity index (χ4v) is 2.44. The fourth-order valence-electron chi connectivity index (χ4n) is 2.06. The van der Waals surface area contributed by atoms with Gasteiger partial charge in [-0.1, -0.05) is 0 Å². The number of rotatable bonds is 6. The van der Waals surface area contributed by atoms with E-state index in [1.54, 1.807) is 0 Å². The van der Waals surface area contributed by atoms with Crippen LogP contribution in [0.25, 0.3) is 0 Å². The maximum Gasteiger partial charge on any atom is 0.133 e. The SMILES string of the molecule is CCN(CC1CC1)c1ncc(Br)cc1CNC. The molecule has 1 saturated carbocycles. The summed E-state index contributed by atoms with van der Waals surface area (Å²) in [5, 5.41) is 3.21. The molecule has 94 valence electrons. The summed E-state index contributed by atoms with van der Waals surface area (Å²) in [6.45, 7) is 5.25. The highest BCUT2D eigenvalue weighted by atomic mass is 79.9. The van der Waals surface area contributed by atoms with Gasteiger partial charge in [0.05, 0.1) is 0 Å². The highest BCUT2D eigenvalue weighted by molar-refractivity contribution is 9.10. The zero-order chi connectivity index (χ0) is 12.3. The summed E-state index contributed by atoms with van der Waals surface area (Å²) in [6.07, 6.45) is 4.66. The van der Waals surface area contributed by atoms with Crippen molar-refractivity contribution in [2.45, 2.75) is 26.3 Å². The predicted octanol–water partition coefficient (Wildman–Crippen LogP) is 2.80. The average molecular weight is 298 g/mol. The molecule has 1 aromatic rings. The molecule has 0 atom stereocenters. The van der Waals surface area contributed by atoms with Gasteiger partial charge in [0.1, 0.15) is 5.82 Å². The molecule has 1 N–H and O–H groups in total. The van der Waals surface area contributed by atoms with Crippen molar-refractivity contribution in [1.82, 2.24) is 10.3 Å². The Morgan fingerprint density at radius 1 is 1.53 bits per heavy atom. The first-order valence-electron chi connectivity index (χ1n) is 6.28. The van der Waals surface area contributed by atoms with Gasteiger partial charge in [-0.3, -0.25) is 0 Å². The third-order valence-corrected chi connectivity index (χ3v) is 3.57. The zero-order valence-corrected chi connectivity index (χ0v) is 12.1. The second-order valence-corrected chi connectivity index (χ2v) is 5.56. The van der Waals surface area contributed by atoms with Gasteiger partial charge < -0.3 is 10.2 Å². The Morgan fingerprint density at radius 2 is 2.29 bits per heavy atom. The second kappa shape index (κ2) is 5.83. The lowest BCUT2D eigenvalue weighted by atomic mass is 10.2. The van der Waals surface area contributed by atoms with Gasteiger partial charge in [0.25, 0.3) is 0 Å². The summed E-state index contributed by atoms with van der Waals surface area (Å²) in [4.78, 5) is 6.99. The van der Waals surface area contributed by atoms with Crippen LogP contribution >= 0.6 is 15.9 Å². The Bertz CT molecular complexity index is 377. The van der Waals surface area contributed by atoms with E-state index in [9.17, 15) is 0 Å². The number of halogens is 1. The number of aromatic nitrogens is 1. The third kappa shape index (κ3) is 3.42. The first-order chi connectivity index (χ1) is 8.24. The van der Waals surface area contributed by atoms with Gasteiger partial charge in [-0.05, 0) is 54.7 Å². The van der Waals surface area contributed by atoms with Crippen LogP contribution in [0.5, 0.6) is 0 Å². The van der Waals surface area contributed by atoms with E-state index in [1.807, 2.05) is 13.2 Å². The van der Waals surface area contributed by atoms with Crippen molar-refractivity contribution in [1.29, 1.82) is 0 Å². The van der Waals surface area contributed by atoms with Crippen molar-refractivity contribution in [3.8, 4) is 0 Å². The normalized spacial score (nSPS) is 15.0. The molecule has 3 nitrogen and oxygen atoms in total. The third-order valence-electron chi connectivity index (χ3n) is 3.13. The quantitative estimate of drug-likeness (QED) is 0.875. The molecule has 1 fully saturated rings. The molecule has 1 aliphatic rings. The monoisotopic (exact) mass is 297 g/mol. The molecular weight excluding hydrogens is 278 g/mol. The molecule has 4 heteroatoms. The van der Waals surface area contributed by atoms with Crippen LogP contribution < -0.4 is 10.2 Å².